The van der Waals surface area contributed by atoms with Crippen molar-refractivity contribution in [2.75, 3.05) is 19.5 Å². The molecule has 2 rings (SSSR count). The molecule has 0 aliphatic carbocycles. The van der Waals surface area contributed by atoms with Crippen molar-refractivity contribution < 1.29 is 14.3 Å². The second-order valence-electron chi connectivity index (χ2n) is 3.74. The van der Waals surface area contributed by atoms with Crippen LogP contribution in [0.25, 0.3) is 0 Å². The lowest BCUT2D eigenvalue weighted by atomic mass is 10.3. The number of hydrogen-bond donors (Lipinski definition) is 1. The number of rotatable bonds is 4. The molecule has 0 bridgehead atoms. The number of anilines is 1. The maximum Gasteiger partial charge on any atom is 0.356 e. The predicted octanol–water partition coefficient (Wildman–Crippen LogP) is 2.70. The molecule has 0 unspecified atom stereocenters. The zero-order valence-corrected chi connectivity index (χ0v) is 10.7. The summed E-state index contributed by atoms with van der Waals surface area (Å²) in [4.78, 5) is 15.3. The Labute approximate surface area is 111 Å². The molecule has 0 saturated heterocycles. The first-order valence-corrected chi connectivity index (χ1v) is 5.73. The molecule has 98 valence electrons. The van der Waals surface area contributed by atoms with Gasteiger partial charge in [-0.05, 0) is 30.3 Å². The van der Waals surface area contributed by atoms with E-state index in [-0.39, 0.29) is 5.69 Å². The van der Waals surface area contributed by atoms with E-state index in [1.54, 1.807) is 6.07 Å². The number of pyridine rings is 1. The van der Waals surface area contributed by atoms with Crippen LogP contribution in [0.1, 0.15) is 10.5 Å². The van der Waals surface area contributed by atoms with Crippen LogP contribution in [0.2, 0.25) is 0 Å². The van der Waals surface area contributed by atoms with Crippen LogP contribution in [0, 0.1) is 0 Å². The van der Waals surface area contributed by atoms with Crippen LogP contribution in [-0.4, -0.2) is 25.1 Å². The van der Waals surface area contributed by atoms with Gasteiger partial charge in [0.2, 0.25) is 0 Å². The van der Waals surface area contributed by atoms with Gasteiger partial charge in [0.15, 0.2) is 5.69 Å². The summed E-state index contributed by atoms with van der Waals surface area (Å²) in [6.45, 7) is 0. The molecule has 0 spiro atoms. The van der Waals surface area contributed by atoms with Gasteiger partial charge in [-0.25, -0.2) is 9.78 Å². The molecule has 0 aliphatic rings. The van der Waals surface area contributed by atoms with Gasteiger partial charge in [-0.1, -0.05) is 0 Å². The lowest BCUT2D eigenvalue weighted by Crippen LogP contribution is -2.03. The lowest BCUT2D eigenvalue weighted by molar-refractivity contribution is 0.0593. The first-order valence-electron chi connectivity index (χ1n) is 5.73. The van der Waals surface area contributed by atoms with Gasteiger partial charge in [-0.15, -0.1) is 0 Å². The standard InChI is InChI=1S/C14H14N2O3/c1-15-10-3-5-11(6-4-10)19-12-7-8-16-13(9-12)14(17)18-2/h3-9,15H,1-2H3. The molecular formula is C14H14N2O3. The molecule has 0 radical (unpaired) electrons. The van der Waals surface area contributed by atoms with Gasteiger partial charge in [-0.2, -0.15) is 0 Å². The summed E-state index contributed by atoms with van der Waals surface area (Å²) in [6, 6.07) is 10.7. The summed E-state index contributed by atoms with van der Waals surface area (Å²) < 4.78 is 10.2. The molecular weight excluding hydrogens is 244 g/mol. The van der Waals surface area contributed by atoms with Gasteiger partial charge in [-0.3, -0.25) is 0 Å². The fourth-order valence-corrected chi connectivity index (χ4v) is 1.52. The predicted molar refractivity (Wildman–Crippen MR) is 71.6 cm³/mol. The number of nitrogens with one attached hydrogen (secondary N) is 1. The molecule has 0 saturated carbocycles. The van der Waals surface area contributed by atoms with Crippen molar-refractivity contribution in [1.29, 1.82) is 0 Å². The summed E-state index contributed by atoms with van der Waals surface area (Å²) in [7, 11) is 3.16. The number of esters is 1. The zero-order chi connectivity index (χ0) is 13.7. The number of carbonyl (C=O) groups is 1. The van der Waals surface area contributed by atoms with Crippen LogP contribution in [0.15, 0.2) is 42.6 Å². The van der Waals surface area contributed by atoms with E-state index in [1.165, 1.54) is 19.4 Å². The van der Waals surface area contributed by atoms with E-state index < -0.39 is 5.97 Å². The largest absolute Gasteiger partial charge is 0.464 e. The number of ether oxygens (including phenoxy) is 2. The number of methoxy groups -OCH3 is 1. The van der Waals surface area contributed by atoms with E-state index >= 15 is 0 Å². The average molecular weight is 258 g/mol. The summed E-state index contributed by atoms with van der Waals surface area (Å²) >= 11 is 0. The van der Waals surface area contributed by atoms with E-state index in [2.05, 4.69) is 15.0 Å². The Morgan fingerprint density at radius 1 is 1.16 bits per heavy atom. The van der Waals surface area contributed by atoms with Gasteiger partial charge < -0.3 is 14.8 Å². The van der Waals surface area contributed by atoms with Crippen molar-refractivity contribution in [2.24, 2.45) is 0 Å². The van der Waals surface area contributed by atoms with E-state index in [0.29, 0.717) is 11.5 Å². The third-order valence-electron chi connectivity index (χ3n) is 2.50. The number of aromatic nitrogens is 1. The third-order valence-corrected chi connectivity index (χ3v) is 2.50. The van der Waals surface area contributed by atoms with Crippen LogP contribution in [0.4, 0.5) is 5.69 Å². The Morgan fingerprint density at radius 2 is 1.89 bits per heavy atom. The molecule has 0 amide bonds. The Hall–Kier alpha value is -2.56. The molecule has 19 heavy (non-hydrogen) atoms. The maximum atomic E-state index is 11.4. The minimum atomic E-state index is -0.490. The molecule has 0 atom stereocenters. The van der Waals surface area contributed by atoms with Gasteiger partial charge >= 0.3 is 5.97 Å². The van der Waals surface area contributed by atoms with E-state index in [1.807, 2.05) is 31.3 Å². The van der Waals surface area contributed by atoms with Crippen LogP contribution in [0.5, 0.6) is 11.5 Å². The third kappa shape index (κ3) is 3.22. The van der Waals surface area contributed by atoms with Crippen molar-refractivity contribution in [1.82, 2.24) is 4.98 Å². The Morgan fingerprint density at radius 3 is 2.53 bits per heavy atom. The number of carbonyl (C=O) groups excluding carboxylic acids is 1. The van der Waals surface area contributed by atoms with Crippen LogP contribution >= 0.6 is 0 Å². The van der Waals surface area contributed by atoms with Gasteiger partial charge in [0.1, 0.15) is 11.5 Å². The molecule has 1 aromatic heterocycles. The monoisotopic (exact) mass is 258 g/mol. The van der Waals surface area contributed by atoms with Crippen LogP contribution in [-0.2, 0) is 4.74 Å². The van der Waals surface area contributed by atoms with Crippen LogP contribution in [0.3, 0.4) is 0 Å². The molecule has 0 aliphatic heterocycles. The quantitative estimate of drug-likeness (QED) is 0.854. The number of nitrogens with zero attached hydrogens (tertiary/aromatic N) is 1. The van der Waals surface area contributed by atoms with Crippen molar-refractivity contribution in [2.45, 2.75) is 0 Å². The first kappa shape index (κ1) is 12.9. The molecule has 1 heterocycles. The Kier molecular flexibility index (Phi) is 3.97. The molecule has 1 aromatic carbocycles. The molecule has 0 fully saturated rings. The van der Waals surface area contributed by atoms with Crippen molar-refractivity contribution >= 4 is 11.7 Å². The summed E-state index contributed by atoms with van der Waals surface area (Å²) in [5.41, 5.74) is 1.21. The van der Waals surface area contributed by atoms with Gasteiger partial charge in [0, 0.05) is 25.0 Å². The maximum absolute atomic E-state index is 11.4. The SMILES string of the molecule is CNc1ccc(Oc2ccnc(C(=O)OC)c2)cc1. The van der Waals surface area contributed by atoms with Crippen molar-refractivity contribution in [3.8, 4) is 11.5 Å². The van der Waals surface area contributed by atoms with Crippen molar-refractivity contribution in [3.05, 3.63) is 48.3 Å². The number of benzene rings is 1. The van der Waals surface area contributed by atoms with Crippen molar-refractivity contribution in [3.63, 3.8) is 0 Å². The summed E-state index contributed by atoms with van der Waals surface area (Å²) in [5, 5.41) is 3.02. The van der Waals surface area contributed by atoms with E-state index in [4.69, 9.17) is 4.74 Å². The minimum absolute atomic E-state index is 0.215. The highest BCUT2D eigenvalue weighted by molar-refractivity contribution is 5.87. The fourth-order valence-electron chi connectivity index (χ4n) is 1.52. The molecule has 5 nitrogen and oxygen atoms in total. The number of hydrogen-bond acceptors (Lipinski definition) is 5. The molecule has 1 N–H and O–H groups in total. The smallest absolute Gasteiger partial charge is 0.356 e. The highest BCUT2D eigenvalue weighted by Crippen LogP contribution is 2.23. The minimum Gasteiger partial charge on any atom is -0.464 e. The summed E-state index contributed by atoms with van der Waals surface area (Å²) in [5.74, 6) is 0.726. The summed E-state index contributed by atoms with van der Waals surface area (Å²) in [6.07, 6.45) is 1.50. The molecule has 5 heteroatoms. The average Bonchev–Trinajstić information content (AvgIpc) is 2.47. The zero-order valence-electron chi connectivity index (χ0n) is 10.7. The van der Waals surface area contributed by atoms with Gasteiger partial charge in [0.05, 0.1) is 7.11 Å². The highest BCUT2D eigenvalue weighted by atomic mass is 16.5. The fraction of sp³-hybridized carbons (Fsp3) is 0.143. The second-order valence-corrected chi connectivity index (χ2v) is 3.74. The van der Waals surface area contributed by atoms with E-state index in [9.17, 15) is 4.79 Å². The topological polar surface area (TPSA) is 60.5 Å². The Bertz CT molecular complexity index is 567. The molecule has 2 aromatic rings. The van der Waals surface area contributed by atoms with E-state index in [0.717, 1.165) is 5.69 Å². The second kappa shape index (κ2) is 5.86. The normalized spacial score (nSPS) is 9.79. The highest BCUT2D eigenvalue weighted by Gasteiger charge is 2.08. The van der Waals surface area contributed by atoms with Crippen LogP contribution < -0.4 is 10.1 Å². The lowest BCUT2D eigenvalue weighted by Gasteiger charge is -2.07. The van der Waals surface area contributed by atoms with Gasteiger partial charge in [0.25, 0.3) is 0 Å². The Balaban J connectivity index is 2.16. The first-order chi connectivity index (χ1) is 9.22.